The summed E-state index contributed by atoms with van der Waals surface area (Å²) in [6.07, 6.45) is -3.29. The Morgan fingerprint density at radius 2 is 2.00 bits per heavy atom. The number of ether oxygens (including phenoxy) is 1. The summed E-state index contributed by atoms with van der Waals surface area (Å²) in [5, 5.41) is 2.81. The van der Waals surface area contributed by atoms with E-state index in [9.17, 15) is 13.2 Å². The van der Waals surface area contributed by atoms with Gasteiger partial charge in [-0.25, -0.2) is 4.98 Å². The highest BCUT2D eigenvalue weighted by atomic mass is 19.4. The van der Waals surface area contributed by atoms with Crippen molar-refractivity contribution in [1.82, 2.24) is 4.98 Å². The van der Waals surface area contributed by atoms with Crippen LogP contribution >= 0.6 is 0 Å². The van der Waals surface area contributed by atoms with Gasteiger partial charge in [0.05, 0.1) is 5.56 Å². The van der Waals surface area contributed by atoms with Crippen molar-refractivity contribution < 1.29 is 17.9 Å². The Labute approximate surface area is 119 Å². The van der Waals surface area contributed by atoms with Gasteiger partial charge in [-0.2, -0.15) is 13.2 Å². The van der Waals surface area contributed by atoms with Crippen LogP contribution in [0.2, 0.25) is 0 Å². The van der Waals surface area contributed by atoms with Crippen molar-refractivity contribution in [2.75, 3.05) is 18.5 Å². The fourth-order valence-electron chi connectivity index (χ4n) is 1.66. The summed E-state index contributed by atoms with van der Waals surface area (Å²) in [4.78, 5) is 3.87. The Balaban J connectivity index is 2.14. The van der Waals surface area contributed by atoms with Crippen molar-refractivity contribution in [3.8, 4) is 5.75 Å². The van der Waals surface area contributed by atoms with E-state index in [0.29, 0.717) is 24.6 Å². The minimum atomic E-state index is -4.40. The van der Waals surface area contributed by atoms with E-state index in [4.69, 9.17) is 10.5 Å². The van der Waals surface area contributed by atoms with Crippen molar-refractivity contribution in [3.05, 3.63) is 48.2 Å². The van der Waals surface area contributed by atoms with E-state index in [1.54, 1.807) is 24.3 Å². The second-order valence-corrected chi connectivity index (χ2v) is 4.22. The van der Waals surface area contributed by atoms with E-state index >= 15 is 0 Å². The lowest BCUT2D eigenvalue weighted by Gasteiger charge is -2.11. The molecule has 4 nitrogen and oxygen atoms in total. The second kappa shape index (κ2) is 6.45. The van der Waals surface area contributed by atoms with Crippen LogP contribution in [-0.2, 0) is 6.18 Å². The van der Waals surface area contributed by atoms with Gasteiger partial charge in [0.15, 0.2) is 0 Å². The Hall–Kier alpha value is -2.28. The molecule has 0 radical (unpaired) electrons. The van der Waals surface area contributed by atoms with Crippen LogP contribution in [0.4, 0.5) is 24.7 Å². The number of anilines is 2. The molecule has 0 aliphatic rings. The molecule has 3 N–H and O–H groups in total. The van der Waals surface area contributed by atoms with Crippen LogP contribution in [0.15, 0.2) is 42.6 Å². The second-order valence-electron chi connectivity index (χ2n) is 4.22. The Morgan fingerprint density at radius 1 is 1.19 bits per heavy atom. The molecule has 2 rings (SSSR count). The first-order chi connectivity index (χ1) is 9.99. The topological polar surface area (TPSA) is 60.2 Å². The van der Waals surface area contributed by atoms with E-state index in [2.05, 4.69) is 10.3 Å². The number of rotatable bonds is 5. The predicted molar refractivity (Wildman–Crippen MR) is 73.5 cm³/mol. The summed E-state index contributed by atoms with van der Waals surface area (Å²) < 4.78 is 43.2. The van der Waals surface area contributed by atoms with Crippen LogP contribution in [0.1, 0.15) is 5.56 Å². The van der Waals surface area contributed by atoms with Gasteiger partial charge in [0.2, 0.25) is 0 Å². The van der Waals surface area contributed by atoms with E-state index < -0.39 is 11.7 Å². The number of aromatic nitrogens is 1. The van der Waals surface area contributed by atoms with Crippen molar-refractivity contribution in [2.45, 2.75) is 6.18 Å². The summed E-state index contributed by atoms with van der Waals surface area (Å²) in [5.74, 6) is 0.693. The maximum absolute atomic E-state index is 12.6. The molecular formula is C14H14F3N3O. The minimum Gasteiger partial charge on any atom is -0.492 e. The van der Waals surface area contributed by atoms with Gasteiger partial charge in [0.1, 0.15) is 18.2 Å². The summed E-state index contributed by atoms with van der Waals surface area (Å²) >= 11 is 0. The number of hydrogen-bond acceptors (Lipinski definition) is 4. The number of nitrogens with one attached hydrogen (secondary N) is 1. The van der Waals surface area contributed by atoms with E-state index in [0.717, 1.165) is 18.3 Å². The number of halogens is 3. The molecule has 112 valence electrons. The van der Waals surface area contributed by atoms with Crippen LogP contribution in [0.5, 0.6) is 5.75 Å². The molecule has 1 aromatic carbocycles. The summed E-state index contributed by atoms with van der Waals surface area (Å²) in [6.45, 7) is 0.748. The molecule has 21 heavy (non-hydrogen) atoms. The third kappa shape index (κ3) is 4.35. The van der Waals surface area contributed by atoms with Crippen LogP contribution in [0, 0.1) is 0 Å². The van der Waals surface area contributed by atoms with E-state index in [1.165, 1.54) is 0 Å². The number of nitrogens with zero attached hydrogens (tertiary/aromatic N) is 1. The first-order valence-corrected chi connectivity index (χ1v) is 6.22. The molecule has 1 heterocycles. The zero-order valence-electron chi connectivity index (χ0n) is 11.0. The van der Waals surface area contributed by atoms with Gasteiger partial charge in [-0.15, -0.1) is 0 Å². The standard InChI is InChI=1S/C14H14F3N3O/c15-14(16,17)10-4-6-19-13(8-10)20-11-2-1-3-12(9-11)21-7-5-18/h1-4,6,8-9H,5,7,18H2,(H,19,20). The molecule has 0 aliphatic carbocycles. The number of benzene rings is 1. The van der Waals surface area contributed by atoms with Gasteiger partial charge in [-0.1, -0.05) is 6.07 Å². The third-order valence-corrected chi connectivity index (χ3v) is 2.58. The highest BCUT2D eigenvalue weighted by molar-refractivity contribution is 5.58. The molecule has 0 bridgehead atoms. The monoisotopic (exact) mass is 297 g/mol. The zero-order chi connectivity index (χ0) is 15.3. The van der Waals surface area contributed by atoms with Gasteiger partial charge in [-0.05, 0) is 24.3 Å². The zero-order valence-corrected chi connectivity index (χ0v) is 11.0. The highest BCUT2D eigenvalue weighted by Gasteiger charge is 2.30. The van der Waals surface area contributed by atoms with Crippen molar-refractivity contribution in [1.29, 1.82) is 0 Å². The quantitative estimate of drug-likeness (QED) is 0.890. The van der Waals surface area contributed by atoms with E-state index in [-0.39, 0.29) is 5.82 Å². The first kappa shape index (κ1) is 15.1. The third-order valence-electron chi connectivity index (χ3n) is 2.58. The minimum absolute atomic E-state index is 0.112. The average molecular weight is 297 g/mol. The highest BCUT2D eigenvalue weighted by Crippen LogP contribution is 2.30. The van der Waals surface area contributed by atoms with Gasteiger partial charge < -0.3 is 15.8 Å². The van der Waals surface area contributed by atoms with Crippen LogP contribution in [-0.4, -0.2) is 18.1 Å². The summed E-state index contributed by atoms with van der Waals surface area (Å²) in [7, 11) is 0. The molecule has 0 aliphatic heterocycles. The van der Waals surface area contributed by atoms with Gasteiger partial charge in [-0.3, -0.25) is 0 Å². The number of pyridine rings is 1. The van der Waals surface area contributed by atoms with Gasteiger partial charge in [0, 0.05) is 24.5 Å². The molecule has 1 aromatic heterocycles. The molecule has 0 fully saturated rings. The molecule has 0 amide bonds. The molecule has 0 saturated heterocycles. The predicted octanol–water partition coefficient (Wildman–Crippen LogP) is 3.18. The molecule has 7 heteroatoms. The normalized spacial score (nSPS) is 11.2. The molecule has 2 aromatic rings. The number of alkyl halides is 3. The van der Waals surface area contributed by atoms with Crippen LogP contribution in [0.25, 0.3) is 0 Å². The molecule has 0 spiro atoms. The van der Waals surface area contributed by atoms with Gasteiger partial charge >= 0.3 is 6.18 Å². The van der Waals surface area contributed by atoms with E-state index in [1.807, 2.05) is 0 Å². The largest absolute Gasteiger partial charge is 0.492 e. The summed E-state index contributed by atoms with van der Waals surface area (Å²) in [5.41, 5.74) is 5.16. The number of nitrogens with two attached hydrogens (primary N) is 1. The molecule has 0 atom stereocenters. The lowest BCUT2D eigenvalue weighted by Crippen LogP contribution is -2.10. The molecule has 0 saturated carbocycles. The summed E-state index contributed by atoms with van der Waals surface area (Å²) in [6, 6.07) is 8.70. The fraction of sp³-hybridized carbons (Fsp3) is 0.214. The molecule has 0 unspecified atom stereocenters. The number of hydrogen-bond donors (Lipinski definition) is 2. The maximum Gasteiger partial charge on any atom is 0.416 e. The van der Waals surface area contributed by atoms with Crippen LogP contribution < -0.4 is 15.8 Å². The van der Waals surface area contributed by atoms with Crippen molar-refractivity contribution in [3.63, 3.8) is 0 Å². The van der Waals surface area contributed by atoms with Crippen LogP contribution in [0.3, 0.4) is 0 Å². The lowest BCUT2D eigenvalue weighted by molar-refractivity contribution is -0.137. The van der Waals surface area contributed by atoms with Crippen molar-refractivity contribution in [2.24, 2.45) is 5.73 Å². The SMILES string of the molecule is NCCOc1cccc(Nc2cc(C(F)(F)F)ccn2)c1. The Kier molecular flexibility index (Phi) is 4.64. The van der Waals surface area contributed by atoms with Crippen molar-refractivity contribution >= 4 is 11.5 Å². The average Bonchev–Trinajstić information content (AvgIpc) is 2.45. The maximum atomic E-state index is 12.6. The first-order valence-electron chi connectivity index (χ1n) is 6.22. The Bertz CT molecular complexity index is 602. The smallest absolute Gasteiger partial charge is 0.416 e. The molecular weight excluding hydrogens is 283 g/mol. The van der Waals surface area contributed by atoms with Gasteiger partial charge in [0.25, 0.3) is 0 Å². The Morgan fingerprint density at radius 3 is 2.71 bits per heavy atom. The fourth-order valence-corrected chi connectivity index (χ4v) is 1.66. The lowest BCUT2D eigenvalue weighted by atomic mass is 10.2.